The van der Waals surface area contributed by atoms with Gasteiger partial charge in [-0.15, -0.1) is 0 Å². The number of aromatic nitrogens is 1. The van der Waals surface area contributed by atoms with Crippen LogP contribution in [0.25, 0.3) is 10.9 Å². The Kier molecular flexibility index (Phi) is 5.72. The Morgan fingerprint density at radius 1 is 1.03 bits per heavy atom. The minimum Gasteiger partial charge on any atom is -0.508 e. The lowest BCUT2D eigenvalue weighted by atomic mass is 9.88. The fourth-order valence-electron chi connectivity index (χ4n) is 5.10. The molecule has 0 radical (unpaired) electrons. The molecule has 0 saturated carbocycles. The second-order valence-electron chi connectivity index (χ2n) is 8.80. The highest BCUT2D eigenvalue weighted by Crippen LogP contribution is 2.40. The van der Waals surface area contributed by atoms with Crippen molar-refractivity contribution in [2.45, 2.75) is 43.0 Å². The van der Waals surface area contributed by atoms with Crippen molar-refractivity contribution < 1.29 is 13.5 Å². The molecule has 0 aliphatic carbocycles. The highest BCUT2D eigenvalue weighted by atomic mass is 32.2. The van der Waals surface area contributed by atoms with Crippen molar-refractivity contribution in [3.05, 3.63) is 95.7 Å². The van der Waals surface area contributed by atoms with Gasteiger partial charge in [-0.25, -0.2) is 12.4 Å². The molecule has 1 saturated heterocycles. The van der Waals surface area contributed by atoms with Crippen molar-refractivity contribution in [3.63, 3.8) is 0 Å². The van der Waals surface area contributed by atoms with Gasteiger partial charge in [-0.2, -0.15) is 0 Å². The van der Waals surface area contributed by atoms with Crippen LogP contribution in [0.1, 0.15) is 42.5 Å². The van der Waals surface area contributed by atoms with E-state index in [0.717, 1.165) is 41.6 Å². The maximum absolute atomic E-state index is 14.0. The highest BCUT2D eigenvalue weighted by molar-refractivity contribution is 7.90. The standard InChI is InChI=1S/C27H28N2O3S/c1-19(24-13-8-16-28-24)27-23-18-21(30)14-15-25(23)29(26(27)17-20-9-4-2-5-10-20)33(31,32)22-11-6-3-7-12-22/h2-7,9-12,14-15,18-19,24,28,30H,8,13,16-17H2,1H3. The summed E-state index contributed by atoms with van der Waals surface area (Å²) in [6.07, 6.45) is 2.63. The zero-order chi connectivity index (χ0) is 23.0. The lowest BCUT2D eigenvalue weighted by Crippen LogP contribution is -2.28. The van der Waals surface area contributed by atoms with Gasteiger partial charge < -0.3 is 10.4 Å². The van der Waals surface area contributed by atoms with Crippen LogP contribution in [0.15, 0.2) is 83.8 Å². The molecular formula is C27H28N2O3S. The summed E-state index contributed by atoms with van der Waals surface area (Å²) in [7, 11) is -3.85. The third kappa shape index (κ3) is 3.94. The summed E-state index contributed by atoms with van der Waals surface area (Å²) in [4.78, 5) is 0.252. The normalized spacial score (nSPS) is 17.4. The predicted molar refractivity (Wildman–Crippen MR) is 131 cm³/mol. The number of rotatable bonds is 6. The summed E-state index contributed by atoms with van der Waals surface area (Å²) >= 11 is 0. The van der Waals surface area contributed by atoms with Crippen molar-refractivity contribution in [2.24, 2.45) is 0 Å². The molecule has 0 amide bonds. The monoisotopic (exact) mass is 460 g/mol. The van der Waals surface area contributed by atoms with Gasteiger partial charge in [-0.1, -0.05) is 55.5 Å². The van der Waals surface area contributed by atoms with Crippen molar-refractivity contribution in [3.8, 4) is 5.75 Å². The van der Waals surface area contributed by atoms with E-state index in [9.17, 15) is 13.5 Å². The van der Waals surface area contributed by atoms with Crippen LogP contribution in [0.2, 0.25) is 0 Å². The number of phenolic OH excluding ortho intramolecular Hbond substituents is 1. The van der Waals surface area contributed by atoms with E-state index in [1.54, 1.807) is 42.5 Å². The molecule has 0 spiro atoms. The first-order chi connectivity index (χ1) is 16.0. The Bertz CT molecular complexity index is 1370. The lowest BCUT2D eigenvalue weighted by Gasteiger charge is -2.22. The molecule has 1 aliphatic rings. The van der Waals surface area contributed by atoms with Gasteiger partial charge in [0.2, 0.25) is 0 Å². The number of aromatic hydroxyl groups is 1. The number of nitrogens with one attached hydrogen (secondary N) is 1. The van der Waals surface area contributed by atoms with E-state index in [-0.39, 0.29) is 22.6 Å². The van der Waals surface area contributed by atoms with Gasteiger partial charge in [-0.05, 0) is 66.8 Å². The van der Waals surface area contributed by atoms with E-state index in [2.05, 4.69) is 12.2 Å². The molecule has 3 aromatic carbocycles. The second kappa shape index (κ2) is 8.69. The first kappa shape index (κ1) is 21.7. The van der Waals surface area contributed by atoms with Gasteiger partial charge in [0.15, 0.2) is 0 Å². The molecule has 6 heteroatoms. The minimum absolute atomic E-state index is 0.0859. The predicted octanol–water partition coefficient (Wildman–Crippen LogP) is 5.03. The van der Waals surface area contributed by atoms with Gasteiger partial charge in [0, 0.05) is 23.5 Å². The quantitative estimate of drug-likeness (QED) is 0.423. The summed E-state index contributed by atoms with van der Waals surface area (Å²) in [6, 6.07) is 23.8. The molecule has 0 bridgehead atoms. The van der Waals surface area contributed by atoms with Crippen LogP contribution in [0.3, 0.4) is 0 Å². The van der Waals surface area contributed by atoms with Crippen molar-refractivity contribution in [1.29, 1.82) is 0 Å². The van der Waals surface area contributed by atoms with Gasteiger partial charge in [-0.3, -0.25) is 0 Å². The van der Waals surface area contributed by atoms with E-state index in [1.807, 2.05) is 36.4 Å². The van der Waals surface area contributed by atoms with E-state index in [0.29, 0.717) is 11.9 Å². The SMILES string of the molecule is CC(c1c(Cc2ccccc2)n(S(=O)(=O)c2ccccc2)c2ccc(O)cc12)C1CCCN1. The summed E-state index contributed by atoms with van der Waals surface area (Å²) in [5.74, 6) is 0.221. The van der Waals surface area contributed by atoms with Crippen LogP contribution in [0.5, 0.6) is 5.75 Å². The molecule has 1 fully saturated rings. The summed E-state index contributed by atoms with van der Waals surface area (Å²) in [5, 5.41) is 14.7. The van der Waals surface area contributed by atoms with Crippen molar-refractivity contribution in [2.75, 3.05) is 6.54 Å². The zero-order valence-electron chi connectivity index (χ0n) is 18.6. The number of hydrogen-bond acceptors (Lipinski definition) is 4. The molecule has 4 aromatic rings. The van der Waals surface area contributed by atoms with Crippen LogP contribution in [0.4, 0.5) is 0 Å². The third-order valence-electron chi connectivity index (χ3n) is 6.70. The van der Waals surface area contributed by atoms with Crippen LogP contribution in [0, 0.1) is 0 Å². The number of benzene rings is 3. The molecule has 1 aromatic heterocycles. The average molecular weight is 461 g/mol. The highest BCUT2D eigenvalue weighted by Gasteiger charge is 2.32. The fourth-order valence-corrected chi connectivity index (χ4v) is 6.69. The summed E-state index contributed by atoms with van der Waals surface area (Å²) in [6.45, 7) is 3.13. The fraction of sp³-hybridized carbons (Fsp3) is 0.259. The Morgan fingerprint density at radius 2 is 1.73 bits per heavy atom. The first-order valence-electron chi connectivity index (χ1n) is 11.4. The van der Waals surface area contributed by atoms with Crippen molar-refractivity contribution in [1.82, 2.24) is 9.29 Å². The van der Waals surface area contributed by atoms with Crippen LogP contribution in [-0.2, 0) is 16.4 Å². The van der Waals surface area contributed by atoms with Crippen LogP contribution in [-0.4, -0.2) is 30.1 Å². The zero-order valence-corrected chi connectivity index (χ0v) is 19.4. The number of phenols is 1. The van der Waals surface area contributed by atoms with E-state index >= 15 is 0 Å². The maximum Gasteiger partial charge on any atom is 0.268 e. The van der Waals surface area contributed by atoms with Crippen LogP contribution < -0.4 is 5.32 Å². The van der Waals surface area contributed by atoms with Gasteiger partial charge in [0.25, 0.3) is 10.0 Å². The largest absolute Gasteiger partial charge is 0.508 e. The molecule has 5 nitrogen and oxygen atoms in total. The molecule has 2 N–H and O–H groups in total. The molecule has 2 heterocycles. The molecular weight excluding hydrogens is 432 g/mol. The molecule has 2 atom stereocenters. The maximum atomic E-state index is 14.0. The topological polar surface area (TPSA) is 71.3 Å². The summed E-state index contributed by atoms with van der Waals surface area (Å²) in [5.41, 5.74) is 3.39. The van der Waals surface area contributed by atoms with Gasteiger partial charge >= 0.3 is 0 Å². The second-order valence-corrected chi connectivity index (χ2v) is 10.6. The number of nitrogens with zero attached hydrogens (tertiary/aromatic N) is 1. The number of hydrogen-bond donors (Lipinski definition) is 2. The Hall–Kier alpha value is -3.09. The Labute approximate surface area is 194 Å². The molecule has 2 unspecified atom stereocenters. The van der Waals surface area contributed by atoms with Gasteiger partial charge in [0.1, 0.15) is 5.75 Å². The number of fused-ring (bicyclic) bond motifs is 1. The lowest BCUT2D eigenvalue weighted by molar-refractivity contribution is 0.476. The summed E-state index contributed by atoms with van der Waals surface area (Å²) < 4.78 is 29.5. The van der Waals surface area contributed by atoms with E-state index in [4.69, 9.17) is 0 Å². The van der Waals surface area contributed by atoms with Gasteiger partial charge in [0.05, 0.1) is 10.4 Å². The molecule has 170 valence electrons. The molecule has 5 rings (SSSR count). The van der Waals surface area contributed by atoms with Crippen molar-refractivity contribution >= 4 is 20.9 Å². The third-order valence-corrected chi connectivity index (χ3v) is 8.46. The molecule has 1 aliphatic heterocycles. The first-order valence-corrected chi connectivity index (χ1v) is 12.8. The average Bonchev–Trinajstić information content (AvgIpc) is 3.46. The minimum atomic E-state index is -3.85. The Balaban J connectivity index is 1.82. The Morgan fingerprint density at radius 3 is 2.39 bits per heavy atom. The van der Waals surface area contributed by atoms with E-state index < -0.39 is 10.0 Å². The van der Waals surface area contributed by atoms with E-state index in [1.165, 1.54) is 3.97 Å². The smallest absolute Gasteiger partial charge is 0.268 e. The molecule has 33 heavy (non-hydrogen) atoms. The van der Waals surface area contributed by atoms with Crippen LogP contribution >= 0.6 is 0 Å².